The van der Waals surface area contributed by atoms with Crippen LogP contribution in [0.4, 0.5) is 14.5 Å². The molecule has 0 saturated heterocycles. The lowest BCUT2D eigenvalue weighted by atomic mass is 10.0. The number of aryl methyl sites for hydroxylation is 2. The number of nitrogens with zero attached hydrogens (tertiary/aromatic N) is 2. The van der Waals surface area contributed by atoms with Gasteiger partial charge < -0.3 is 14.5 Å². The van der Waals surface area contributed by atoms with Crippen LogP contribution >= 0.6 is 0 Å². The Hall–Kier alpha value is -3.41. The molecule has 0 bridgehead atoms. The van der Waals surface area contributed by atoms with Crippen molar-refractivity contribution < 1.29 is 8.78 Å². The Balaban J connectivity index is 1.61. The average Bonchev–Trinajstić information content (AvgIpc) is 3.09. The third-order valence-electron chi connectivity index (χ3n) is 5.82. The second kappa shape index (κ2) is 7.13. The maximum atomic E-state index is 15.0. The number of fused-ring (bicyclic) bond motifs is 2. The Morgan fingerprint density at radius 2 is 1.90 bits per heavy atom. The molecule has 0 aliphatic carbocycles. The summed E-state index contributed by atoms with van der Waals surface area (Å²) in [6.07, 6.45) is 5.17. The van der Waals surface area contributed by atoms with Gasteiger partial charge in [0.1, 0.15) is 17.2 Å². The molecule has 0 amide bonds. The Morgan fingerprint density at radius 1 is 1.10 bits per heavy atom. The maximum absolute atomic E-state index is 15.0. The van der Waals surface area contributed by atoms with Crippen molar-refractivity contribution >= 4 is 16.6 Å². The molecule has 4 nitrogen and oxygen atoms in total. The van der Waals surface area contributed by atoms with Crippen molar-refractivity contribution in [3.8, 4) is 11.1 Å². The summed E-state index contributed by atoms with van der Waals surface area (Å²) in [4.78, 5) is 17.6. The summed E-state index contributed by atoms with van der Waals surface area (Å²) in [6, 6.07) is 12.5. The Bertz CT molecular complexity index is 1310. The van der Waals surface area contributed by atoms with Crippen molar-refractivity contribution in [1.82, 2.24) is 9.55 Å². The van der Waals surface area contributed by atoms with Gasteiger partial charge in [-0.15, -0.1) is 0 Å². The fourth-order valence-electron chi connectivity index (χ4n) is 4.45. The molecule has 0 fully saturated rings. The van der Waals surface area contributed by atoms with Crippen LogP contribution in [-0.2, 0) is 20.0 Å². The van der Waals surface area contributed by atoms with Gasteiger partial charge in [-0.05, 0) is 30.0 Å². The van der Waals surface area contributed by atoms with Crippen LogP contribution in [0.3, 0.4) is 0 Å². The number of rotatable bonds is 4. The van der Waals surface area contributed by atoms with E-state index in [1.807, 2.05) is 23.1 Å². The minimum Gasteiger partial charge on any atom is -0.364 e. The van der Waals surface area contributed by atoms with Gasteiger partial charge in [-0.1, -0.05) is 30.3 Å². The molecule has 6 heteroatoms. The van der Waals surface area contributed by atoms with E-state index in [0.29, 0.717) is 35.4 Å². The zero-order chi connectivity index (χ0) is 20.8. The summed E-state index contributed by atoms with van der Waals surface area (Å²) < 4.78 is 30.7. The summed E-state index contributed by atoms with van der Waals surface area (Å²) in [5, 5.41) is 0.745. The number of nitrogens with one attached hydrogen (secondary N) is 1. The van der Waals surface area contributed by atoms with E-state index in [9.17, 15) is 9.18 Å². The Morgan fingerprint density at radius 3 is 2.70 bits per heavy atom. The largest absolute Gasteiger partial charge is 0.364 e. The van der Waals surface area contributed by atoms with Crippen LogP contribution in [0, 0.1) is 11.6 Å². The number of halogens is 2. The summed E-state index contributed by atoms with van der Waals surface area (Å²) >= 11 is 0. The Labute approximate surface area is 172 Å². The zero-order valence-electron chi connectivity index (χ0n) is 16.6. The number of aromatic amines is 1. The van der Waals surface area contributed by atoms with Gasteiger partial charge in [0, 0.05) is 55.1 Å². The van der Waals surface area contributed by atoms with E-state index in [2.05, 4.69) is 17.1 Å². The van der Waals surface area contributed by atoms with Crippen molar-refractivity contribution in [2.45, 2.75) is 19.4 Å². The molecule has 5 rings (SSSR count). The van der Waals surface area contributed by atoms with Crippen LogP contribution in [0.2, 0.25) is 0 Å². The first-order chi connectivity index (χ1) is 14.5. The first kappa shape index (κ1) is 18.6. The molecule has 1 N–H and O–H groups in total. The zero-order valence-corrected chi connectivity index (χ0v) is 16.6. The molecule has 4 aromatic rings. The van der Waals surface area contributed by atoms with Gasteiger partial charge >= 0.3 is 0 Å². The van der Waals surface area contributed by atoms with Crippen LogP contribution in [0.25, 0.3) is 22.0 Å². The molecule has 0 spiro atoms. The van der Waals surface area contributed by atoms with Gasteiger partial charge in [-0.2, -0.15) is 0 Å². The number of pyridine rings is 1. The second-order valence-corrected chi connectivity index (χ2v) is 7.82. The van der Waals surface area contributed by atoms with Gasteiger partial charge in [-0.3, -0.25) is 4.79 Å². The molecule has 1 aliphatic heterocycles. The lowest BCUT2D eigenvalue weighted by Gasteiger charge is -2.26. The highest BCUT2D eigenvalue weighted by atomic mass is 19.1. The average molecular weight is 405 g/mol. The SMILES string of the molecule is Cn1cc2c3c(c[nH]c3c1=O)CN(CCCc1ccccc1)c1c(F)cc(F)cc1-2. The fourth-order valence-corrected chi connectivity index (χ4v) is 4.45. The molecule has 2 aromatic carbocycles. The van der Waals surface area contributed by atoms with Crippen molar-refractivity contribution in [1.29, 1.82) is 0 Å². The maximum Gasteiger partial charge on any atom is 0.274 e. The first-order valence-electron chi connectivity index (χ1n) is 10.0. The van der Waals surface area contributed by atoms with Gasteiger partial charge in [0.15, 0.2) is 0 Å². The van der Waals surface area contributed by atoms with E-state index in [4.69, 9.17) is 0 Å². The number of H-pyrrole nitrogens is 1. The molecule has 2 aromatic heterocycles. The first-order valence-corrected chi connectivity index (χ1v) is 10.0. The minimum atomic E-state index is -0.628. The molecular formula is C24H21F2N3O. The highest BCUT2D eigenvalue weighted by Crippen LogP contribution is 2.42. The van der Waals surface area contributed by atoms with E-state index in [1.165, 1.54) is 16.2 Å². The van der Waals surface area contributed by atoms with E-state index in [-0.39, 0.29) is 5.56 Å². The van der Waals surface area contributed by atoms with Crippen molar-refractivity contribution in [3.05, 3.63) is 88.0 Å². The summed E-state index contributed by atoms with van der Waals surface area (Å²) in [7, 11) is 1.65. The molecule has 1 aliphatic rings. The second-order valence-electron chi connectivity index (χ2n) is 7.82. The lowest BCUT2D eigenvalue weighted by molar-refractivity contribution is 0.577. The van der Waals surface area contributed by atoms with Crippen LogP contribution in [-0.4, -0.2) is 16.1 Å². The van der Waals surface area contributed by atoms with Crippen LogP contribution in [0.1, 0.15) is 17.5 Å². The lowest BCUT2D eigenvalue weighted by Crippen LogP contribution is -2.25. The van der Waals surface area contributed by atoms with Crippen LogP contribution in [0.5, 0.6) is 0 Å². The monoisotopic (exact) mass is 405 g/mol. The standard InChI is InChI=1S/C24H21F2N3O/c1-28-14-19-18-10-17(25)11-20(26)23(18)29(9-5-8-15-6-3-2-4-7-15)13-16-12-27-22(21(16)19)24(28)30/h2-4,6-7,10-12,14,27H,5,8-9,13H2,1H3. The third-order valence-corrected chi connectivity index (χ3v) is 5.82. The molecule has 0 unspecified atom stereocenters. The highest BCUT2D eigenvalue weighted by Gasteiger charge is 2.27. The summed E-state index contributed by atoms with van der Waals surface area (Å²) in [5.74, 6) is -1.21. The highest BCUT2D eigenvalue weighted by molar-refractivity contribution is 6.01. The normalized spacial score (nSPS) is 12.8. The molecule has 0 radical (unpaired) electrons. The number of benzene rings is 2. The predicted molar refractivity (Wildman–Crippen MR) is 115 cm³/mol. The predicted octanol–water partition coefficient (Wildman–Crippen LogP) is 4.76. The quantitative estimate of drug-likeness (QED) is 0.532. The topological polar surface area (TPSA) is 41.0 Å². The number of hydrogen-bond acceptors (Lipinski definition) is 2. The summed E-state index contributed by atoms with van der Waals surface area (Å²) in [6.45, 7) is 1.06. The van der Waals surface area contributed by atoms with Crippen molar-refractivity contribution in [2.24, 2.45) is 7.05 Å². The van der Waals surface area contributed by atoms with E-state index < -0.39 is 11.6 Å². The third kappa shape index (κ3) is 3.00. The van der Waals surface area contributed by atoms with Crippen LogP contribution in [0.15, 0.2) is 59.7 Å². The van der Waals surface area contributed by atoms with E-state index in [1.54, 1.807) is 19.4 Å². The van der Waals surface area contributed by atoms with Gasteiger partial charge in [0.2, 0.25) is 0 Å². The number of aromatic nitrogens is 2. The van der Waals surface area contributed by atoms with Crippen LogP contribution < -0.4 is 10.5 Å². The smallest absolute Gasteiger partial charge is 0.274 e. The molecule has 152 valence electrons. The number of hydrogen-bond donors (Lipinski definition) is 1. The van der Waals surface area contributed by atoms with E-state index in [0.717, 1.165) is 29.9 Å². The van der Waals surface area contributed by atoms with Crippen molar-refractivity contribution in [2.75, 3.05) is 11.4 Å². The van der Waals surface area contributed by atoms with Crippen molar-refractivity contribution in [3.63, 3.8) is 0 Å². The molecular weight excluding hydrogens is 384 g/mol. The Kier molecular flexibility index (Phi) is 4.42. The number of anilines is 1. The van der Waals surface area contributed by atoms with E-state index >= 15 is 4.39 Å². The van der Waals surface area contributed by atoms with Gasteiger partial charge in [0.05, 0.1) is 5.69 Å². The molecule has 0 atom stereocenters. The fraction of sp³-hybridized carbons (Fsp3) is 0.208. The van der Waals surface area contributed by atoms with Gasteiger partial charge in [0.25, 0.3) is 5.56 Å². The minimum absolute atomic E-state index is 0.157. The molecule has 30 heavy (non-hydrogen) atoms. The molecule has 3 heterocycles. The summed E-state index contributed by atoms with van der Waals surface area (Å²) in [5.41, 5.74) is 3.98. The molecule has 0 saturated carbocycles. The van der Waals surface area contributed by atoms with Gasteiger partial charge in [-0.25, -0.2) is 8.78 Å².